The van der Waals surface area contributed by atoms with Gasteiger partial charge in [-0.25, -0.2) is 0 Å². The van der Waals surface area contributed by atoms with Crippen molar-refractivity contribution in [3.05, 3.63) is 21.9 Å². The van der Waals surface area contributed by atoms with E-state index in [0.717, 1.165) is 19.4 Å². The number of amides is 1. The average molecular weight is 252 g/mol. The number of carbonyl (C=O) groups is 1. The number of nitrogens with one attached hydrogen (secondary N) is 2. The molecule has 2 rings (SSSR count). The van der Waals surface area contributed by atoms with Crippen molar-refractivity contribution in [2.75, 3.05) is 6.54 Å². The standard InChI is InChI=1S/C13H20N2OS/c1-3-10-5-7-17-12(10)8-15-13(16)11-4-6-14-9(11)2/h5,7,9,11,14H,3-4,6,8H2,1-2H3,(H,15,16). The lowest BCUT2D eigenvalue weighted by atomic mass is 10.0. The Labute approximate surface area is 107 Å². The Hall–Kier alpha value is -0.870. The van der Waals surface area contributed by atoms with Gasteiger partial charge in [0.2, 0.25) is 5.91 Å². The first-order chi connectivity index (χ1) is 8.22. The maximum absolute atomic E-state index is 12.0. The third kappa shape index (κ3) is 2.87. The fraction of sp³-hybridized carbons (Fsp3) is 0.615. The van der Waals surface area contributed by atoms with E-state index in [1.54, 1.807) is 11.3 Å². The van der Waals surface area contributed by atoms with Crippen molar-refractivity contribution in [3.63, 3.8) is 0 Å². The highest BCUT2D eigenvalue weighted by atomic mass is 32.1. The molecule has 0 bridgehead atoms. The van der Waals surface area contributed by atoms with Crippen molar-refractivity contribution in [1.29, 1.82) is 0 Å². The summed E-state index contributed by atoms with van der Waals surface area (Å²) in [4.78, 5) is 13.3. The Morgan fingerprint density at radius 3 is 3.12 bits per heavy atom. The van der Waals surface area contributed by atoms with Crippen LogP contribution in [0.2, 0.25) is 0 Å². The monoisotopic (exact) mass is 252 g/mol. The van der Waals surface area contributed by atoms with Gasteiger partial charge in [-0.1, -0.05) is 6.92 Å². The van der Waals surface area contributed by atoms with Crippen LogP contribution in [-0.4, -0.2) is 18.5 Å². The highest BCUT2D eigenvalue weighted by molar-refractivity contribution is 7.10. The minimum atomic E-state index is 0.139. The van der Waals surface area contributed by atoms with Gasteiger partial charge in [0.1, 0.15) is 0 Å². The van der Waals surface area contributed by atoms with Gasteiger partial charge in [0.05, 0.1) is 12.5 Å². The second kappa shape index (κ2) is 5.65. The maximum Gasteiger partial charge on any atom is 0.225 e. The second-order valence-corrected chi connectivity index (χ2v) is 5.58. The highest BCUT2D eigenvalue weighted by Crippen LogP contribution is 2.18. The van der Waals surface area contributed by atoms with Crippen LogP contribution in [-0.2, 0) is 17.8 Å². The van der Waals surface area contributed by atoms with E-state index in [4.69, 9.17) is 0 Å². The Bertz CT molecular complexity index is 389. The van der Waals surface area contributed by atoms with Crippen molar-refractivity contribution >= 4 is 17.2 Å². The molecule has 1 aromatic rings. The average Bonchev–Trinajstić information content (AvgIpc) is 2.94. The summed E-state index contributed by atoms with van der Waals surface area (Å²) >= 11 is 1.73. The molecule has 3 nitrogen and oxygen atoms in total. The van der Waals surface area contributed by atoms with Crippen molar-refractivity contribution in [2.45, 2.75) is 39.3 Å². The number of thiophene rings is 1. The zero-order valence-electron chi connectivity index (χ0n) is 10.5. The largest absolute Gasteiger partial charge is 0.351 e. The van der Waals surface area contributed by atoms with Crippen LogP contribution in [0, 0.1) is 5.92 Å². The summed E-state index contributed by atoms with van der Waals surface area (Å²) in [5.74, 6) is 0.331. The van der Waals surface area contributed by atoms with Crippen LogP contribution in [0.15, 0.2) is 11.4 Å². The van der Waals surface area contributed by atoms with Gasteiger partial charge in [-0.2, -0.15) is 0 Å². The lowest BCUT2D eigenvalue weighted by Crippen LogP contribution is -2.36. The lowest BCUT2D eigenvalue weighted by molar-refractivity contribution is -0.125. The lowest BCUT2D eigenvalue weighted by Gasteiger charge is -2.14. The summed E-state index contributed by atoms with van der Waals surface area (Å²) in [6.07, 6.45) is 1.99. The minimum absolute atomic E-state index is 0.139. The topological polar surface area (TPSA) is 41.1 Å². The molecule has 0 aliphatic carbocycles. The van der Waals surface area contributed by atoms with Gasteiger partial charge >= 0.3 is 0 Å². The van der Waals surface area contributed by atoms with E-state index < -0.39 is 0 Å². The first-order valence-corrected chi connectivity index (χ1v) is 7.16. The van der Waals surface area contributed by atoms with Crippen LogP contribution in [0.4, 0.5) is 0 Å². The van der Waals surface area contributed by atoms with Gasteiger partial charge in [0, 0.05) is 10.9 Å². The first-order valence-electron chi connectivity index (χ1n) is 6.28. The SMILES string of the molecule is CCc1ccsc1CNC(=O)C1CCNC1C. The van der Waals surface area contributed by atoms with Crippen LogP contribution < -0.4 is 10.6 Å². The predicted molar refractivity (Wildman–Crippen MR) is 71.1 cm³/mol. The number of rotatable bonds is 4. The van der Waals surface area contributed by atoms with Crippen molar-refractivity contribution in [2.24, 2.45) is 5.92 Å². The smallest absolute Gasteiger partial charge is 0.225 e. The Balaban J connectivity index is 1.88. The number of hydrogen-bond acceptors (Lipinski definition) is 3. The van der Waals surface area contributed by atoms with E-state index in [1.165, 1.54) is 10.4 Å². The minimum Gasteiger partial charge on any atom is -0.351 e. The molecule has 2 heterocycles. The summed E-state index contributed by atoms with van der Waals surface area (Å²) in [5, 5.41) is 8.47. The van der Waals surface area contributed by atoms with Crippen molar-refractivity contribution < 1.29 is 4.79 Å². The van der Waals surface area contributed by atoms with E-state index in [-0.39, 0.29) is 11.8 Å². The van der Waals surface area contributed by atoms with Crippen LogP contribution in [0.25, 0.3) is 0 Å². The Morgan fingerprint density at radius 1 is 1.65 bits per heavy atom. The molecule has 1 aliphatic rings. The molecule has 17 heavy (non-hydrogen) atoms. The normalized spacial score (nSPS) is 23.9. The molecule has 2 N–H and O–H groups in total. The van der Waals surface area contributed by atoms with Gasteiger partial charge in [-0.15, -0.1) is 11.3 Å². The molecular formula is C13H20N2OS. The molecule has 1 aromatic heterocycles. The van der Waals surface area contributed by atoms with E-state index >= 15 is 0 Å². The molecule has 0 aromatic carbocycles. The molecule has 0 spiro atoms. The Kier molecular flexibility index (Phi) is 4.18. The molecule has 1 saturated heterocycles. The van der Waals surface area contributed by atoms with E-state index in [1.807, 2.05) is 0 Å². The summed E-state index contributed by atoms with van der Waals surface area (Å²) in [6.45, 7) is 5.87. The third-order valence-corrected chi connectivity index (χ3v) is 4.47. The van der Waals surface area contributed by atoms with Gasteiger partial charge < -0.3 is 10.6 Å². The Morgan fingerprint density at radius 2 is 2.47 bits per heavy atom. The summed E-state index contributed by atoms with van der Waals surface area (Å²) in [7, 11) is 0. The zero-order chi connectivity index (χ0) is 12.3. The molecule has 1 amide bonds. The number of hydrogen-bond donors (Lipinski definition) is 2. The van der Waals surface area contributed by atoms with Gasteiger partial charge in [0.15, 0.2) is 0 Å². The van der Waals surface area contributed by atoms with E-state index in [0.29, 0.717) is 12.6 Å². The van der Waals surface area contributed by atoms with Crippen LogP contribution in [0.3, 0.4) is 0 Å². The first kappa shape index (κ1) is 12.6. The molecule has 0 radical (unpaired) electrons. The second-order valence-electron chi connectivity index (χ2n) is 4.58. The summed E-state index contributed by atoms with van der Waals surface area (Å²) in [5.41, 5.74) is 1.35. The molecule has 1 aliphatic heterocycles. The number of carbonyl (C=O) groups excluding carboxylic acids is 1. The maximum atomic E-state index is 12.0. The number of aryl methyl sites for hydroxylation is 1. The van der Waals surface area contributed by atoms with E-state index in [2.05, 4.69) is 35.9 Å². The van der Waals surface area contributed by atoms with Gasteiger partial charge in [0.25, 0.3) is 0 Å². The molecule has 2 atom stereocenters. The quantitative estimate of drug-likeness (QED) is 0.859. The van der Waals surface area contributed by atoms with Crippen molar-refractivity contribution in [3.8, 4) is 0 Å². The molecule has 0 saturated carbocycles. The molecule has 2 unspecified atom stereocenters. The van der Waals surface area contributed by atoms with E-state index in [9.17, 15) is 4.79 Å². The highest BCUT2D eigenvalue weighted by Gasteiger charge is 2.29. The van der Waals surface area contributed by atoms with Crippen LogP contribution in [0.5, 0.6) is 0 Å². The van der Waals surface area contributed by atoms with Gasteiger partial charge in [-0.05, 0) is 43.3 Å². The fourth-order valence-electron chi connectivity index (χ4n) is 2.35. The van der Waals surface area contributed by atoms with Crippen LogP contribution in [0.1, 0.15) is 30.7 Å². The summed E-state index contributed by atoms with van der Waals surface area (Å²) in [6, 6.07) is 2.45. The fourth-order valence-corrected chi connectivity index (χ4v) is 3.27. The molecule has 4 heteroatoms. The zero-order valence-corrected chi connectivity index (χ0v) is 11.3. The van der Waals surface area contributed by atoms with Crippen LogP contribution >= 0.6 is 11.3 Å². The molecule has 1 fully saturated rings. The van der Waals surface area contributed by atoms with Crippen molar-refractivity contribution in [1.82, 2.24) is 10.6 Å². The molecule has 94 valence electrons. The third-order valence-electron chi connectivity index (χ3n) is 3.50. The molecular weight excluding hydrogens is 232 g/mol. The predicted octanol–water partition coefficient (Wildman–Crippen LogP) is 1.92. The van der Waals surface area contributed by atoms with Gasteiger partial charge in [-0.3, -0.25) is 4.79 Å². The summed E-state index contributed by atoms with van der Waals surface area (Å²) < 4.78 is 0.